The zero-order valence-electron chi connectivity index (χ0n) is 42.8. The number of nitrogens with zero attached hydrogens (tertiary/aromatic N) is 1. The standard InChI is InChI=1S/C52H65Cl4N5O17/c53-39-3-1-4-40(54)48(39)50(66)59-37-7-5-36(6-8-37)33-43(52(68)69)60-51(67)49-41(55)34-38(35-42(49)56)78-16-2-13-57-45(63)12-17-70-19-21-72-23-25-74-27-29-76-31-32-77-30-28-75-26-24-73-22-20-71-18-14-58-44(62)11-15-61-46(64)9-10-47(61)65/h1,3-10,34-35,43H,2,11-33H2,(H,57,63)(H,58,62)(H,59,66)(H,60,67)(H,68,69)/t43-/m0/s1. The first-order valence-corrected chi connectivity index (χ1v) is 26.4. The average molecular weight is 1170 g/mol. The molecule has 428 valence electrons. The van der Waals surface area contributed by atoms with Crippen LogP contribution in [0.25, 0.3) is 0 Å². The summed E-state index contributed by atoms with van der Waals surface area (Å²) in [6.45, 7) is 6.84. The molecule has 1 heterocycles. The van der Waals surface area contributed by atoms with E-state index in [-0.39, 0.29) is 87.8 Å². The summed E-state index contributed by atoms with van der Waals surface area (Å²) in [5.41, 5.74) is 0.948. The highest BCUT2D eigenvalue weighted by atomic mass is 35.5. The second-order valence-electron chi connectivity index (χ2n) is 16.5. The smallest absolute Gasteiger partial charge is 0.326 e. The molecule has 6 amide bonds. The van der Waals surface area contributed by atoms with E-state index in [1.165, 1.54) is 24.3 Å². The number of anilines is 1. The van der Waals surface area contributed by atoms with E-state index in [2.05, 4.69) is 21.3 Å². The predicted octanol–water partition coefficient (Wildman–Crippen LogP) is 4.82. The minimum atomic E-state index is -1.35. The molecular weight excluding hydrogens is 1110 g/mol. The number of carbonyl (C=O) groups excluding carboxylic acids is 6. The number of imide groups is 1. The van der Waals surface area contributed by atoms with Crippen molar-refractivity contribution in [1.29, 1.82) is 0 Å². The van der Waals surface area contributed by atoms with Crippen LogP contribution in [0.15, 0.2) is 66.7 Å². The molecule has 78 heavy (non-hydrogen) atoms. The van der Waals surface area contributed by atoms with Crippen molar-refractivity contribution in [3.63, 3.8) is 0 Å². The van der Waals surface area contributed by atoms with Crippen LogP contribution in [-0.4, -0.2) is 189 Å². The monoisotopic (exact) mass is 1170 g/mol. The van der Waals surface area contributed by atoms with Gasteiger partial charge in [-0.2, -0.15) is 0 Å². The number of amides is 6. The van der Waals surface area contributed by atoms with Crippen LogP contribution >= 0.6 is 46.4 Å². The van der Waals surface area contributed by atoms with E-state index >= 15 is 0 Å². The predicted molar refractivity (Wildman–Crippen MR) is 288 cm³/mol. The molecule has 4 rings (SSSR count). The van der Waals surface area contributed by atoms with Crippen LogP contribution in [0.1, 0.15) is 45.5 Å². The number of hydrogen-bond donors (Lipinski definition) is 5. The molecule has 26 heteroatoms. The second kappa shape index (κ2) is 38.2. The fourth-order valence-electron chi connectivity index (χ4n) is 6.75. The van der Waals surface area contributed by atoms with E-state index in [0.717, 1.165) is 4.90 Å². The molecule has 0 aliphatic carbocycles. The third-order valence-electron chi connectivity index (χ3n) is 10.7. The number of hydrogen-bond acceptors (Lipinski definition) is 16. The summed E-state index contributed by atoms with van der Waals surface area (Å²) in [5.74, 6) is -3.64. The number of aliphatic carboxylic acids is 1. The van der Waals surface area contributed by atoms with E-state index in [9.17, 15) is 38.7 Å². The number of ether oxygens (including phenoxy) is 9. The maximum Gasteiger partial charge on any atom is 0.326 e. The highest BCUT2D eigenvalue weighted by Gasteiger charge is 2.26. The normalized spacial score (nSPS) is 12.4. The molecule has 0 aromatic heterocycles. The number of nitrogens with one attached hydrogen (secondary N) is 4. The fraction of sp³-hybridized carbons (Fsp3) is 0.481. The van der Waals surface area contributed by atoms with Gasteiger partial charge in [-0.25, -0.2) is 4.79 Å². The summed E-state index contributed by atoms with van der Waals surface area (Å²) < 4.78 is 49.4. The largest absolute Gasteiger partial charge is 0.493 e. The molecule has 1 atom stereocenters. The summed E-state index contributed by atoms with van der Waals surface area (Å²) >= 11 is 25.1. The summed E-state index contributed by atoms with van der Waals surface area (Å²) in [6, 6.07) is 12.5. The van der Waals surface area contributed by atoms with Gasteiger partial charge >= 0.3 is 5.97 Å². The molecular formula is C52H65Cl4N5O17. The number of rotatable bonds is 42. The molecule has 22 nitrogen and oxygen atoms in total. The van der Waals surface area contributed by atoms with Crippen LogP contribution in [0, 0.1) is 0 Å². The average Bonchev–Trinajstić information content (AvgIpc) is 3.72. The van der Waals surface area contributed by atoms with Crippen molar-refractivity contribution in [2.24, 2.45) is 0 Å². The lowest BCUT2D eigenvalue weighted by Gasteiger charge is -2.17. The summed E-state index contributed by atoms with van der Waals surface area (Å²) in [7, 11) is 0. The van der Waals surface area contributed by atoms with E-state index < -0.39 is 35.6 Å². The minimum Gasteiger partial charge on any atom is -0.493 e. The molecule has 0 unspecified atom stereocenters. The van der Waals surface area contributed by atoms with E-state index in [4.69, 9.17) is 89.0 Å². The Morgan fingerprint density at radius 2 is 0.974 bits per heavy atom. The number of halogens is 4. The van der Waals surface area contributed by atoms with Crippen molar-refractivity contribution in [2.45, 2.75) is 31.7 Å². The highest BCUT2D eigenvalue weighted by Crippen LogP contribution is 2.31. The lowest BCUT2D eigenvalue weighted by atomic mass is 10.0. The topological polar surface area (TPSA) is 274 Å². The van der Waals surface area contributed by atoms with Gasteiger partial charge in [-0.3, -0.25) is 33.7 Å². The minimum absolute atomic E-state index is 0.0309. The maximum atomic E-state index is 13.2. The number of carbonyl (C=O) groups is 7. The Bertz CT molecular complexity index is 2360. The van der Waals surface area contributed by atoms with Crippen LogP contribution < -0.4 is 26.0 Å². The van der Waals surface area contributed by atoms with Crippen LogP contribution in [-0.2, 0) is 68.3 Å². The first-order chi connectivity index (χ1) is 37.7. The molecule has 0 spiro atoms. The van der Waals surface area contributed by atoms with Crippen LogP contribution in [0.4, 0.5) is 5.69 Å². The van der Waals surface area contributed by atoms with Crippen molar-refractivity contribution >= 4 is 93.5 Å². The first kappa shape index (κ1) is 65.1. The Balaban J connectivity index is 0.890. The fourth-order valence-corrected chi connectivity index (χ4v) is 7.96. The second-order valence-corrected chi connectivity index (χ2v) is 18.2. The third kappa shape index (κ3) is 26.0. The van der Waals surface area contributed by atoms with Gasteiger partial charge in [-0.05, 0) is 48.4 Å². The highest BCUT2D eigenvalue weighted by molar-refractivity contribution is 6.41. The van der Waals surface area contributed by atoms with E-state index in [0.29, 0.717) is 130 Å². The van der Waals surface area contributed by atoms with Gasteiger partial charge in [-0.1, -0.05) is 64.6 Å². The van der Waals surface area contributed by atoms with E-state index in [1.807, 2.05) is 0 Å². The number of carboxylic acid groups (broad SMARTS) is 1. The molecule has 0 bridgehead atoms. The summed E-state index contributed by atoms with van der Waals surface area (Å²) in [4.78, 5) is 86.1. The Labute approximate surface area is 471 Å². The van der Waals surface area contributed by atoms with Crippen molar-refractivity contribution in [3.8, 4) is 5.75 Å². The van der Waals surface area contributed by atoms with Gasteiger partial charge in [0.05, 0.1) is 144 Å². The lowest BCUT2D eigenvalue weighted by molar-refractivity contribution is -0.139. The molecule has 5 N–H and O–H groups in total. The van der Waals surface area contributed by atoms with Gasteiger partial charge in [-0.15, -0.1) is 0 Å². The Morgan fingerprint density at radius 3 is 1.47 bits per heavy atom. The molecule has 0 saturated carbocycles. The van der Waals surface area contributed by atoms with Crippen LogP contribution in [0.3, 0.4) is 0 Å². The van der Waals surface area contributed by atoms with E-state index in [1.54, 1.807) is 42.5 Å². The van der Waals surface area contributed by atoms with Crippen molar-refractivity contribution in [2.75, 3.05) is 137 Å². The molecule has 1 aliphatic rings. The SMILES string of the molecule is O=C(CCOCCOCCOCCOCCOCCOCCOCCOCCNC(=O)CCN1C(=O)C=CC1=O)NCCCOc1cc(Cl)c(C(=O)N[C@@H](Cc2ccc(NC(=O)c3c(Cl)cccc3Cl)cc2)C(=O)O)c(Cl)c1. The molecule has 1 aliphatic heterocycles. The lowest BCUT2D eigenvalue weighted by Crippen LogP contribution is -2.42. The molecule has 0 saturated heterocycles. The van der Waals surface area contributed by atoms with Crippen molar-refractivity contribution in [3.05, 3.63) is 104 Å². The van der Waals surface area contributed by atoms with Gasteiger partial charge in [0.25, 0.3) is 23.6 Å². The van der Waals surface area contributed by atoms with Crippen molar-refractivity contribution < 1.29 is 81.3 Å². The molecule has 3 aromatic rings. The van der Waals surface area contributed by atoms with Crippen molar-refractivity contribution in [1.82, 2.24) is 20.9 Å². The zero-order valence-corrected chi connectivity index (χ0v) is 45.9. The molecule has 0 radical (unpaired) electrons. The van der Waals surface area contributed by atoms with Gasteiger partial charge in [0.15, 0.2) is 0 Å². The summed E-state index contributed by atoms with van der Waals surface area (Å²) in [5, 5.41) is 20.8. The maximum absolute atomic E-state index is 13.2. The quantitative estimate of drug-likeness (QED) is 0.0376. The molecule has 3 aromatic carbocycles. The summed E-state index contributed by atoms with van der Waals surface area (Å²) in [6.07, 6.45) is 2.91. The third-order valence-corrected chi connectivity index (χ3v) is 11.9. The van der Waals surface area contributed by atoms with Gasteiger partial charge in [0, 0.05) is 56.7 Å². The molecule has 0 fully saturated rings. The first-order valence-electron chi connectivity index (χ1n) is 24.9. The van der Waals surface area contributed by atoms with Gasteiger partial charge < -0.3 is 69.0 Å². The van der Waals surface area contributed by atoms with Gasteiger partial charge in [0.1, 0.15) is 11.8 Å². The number of benzene rings is 3. The van der Waals surface area contributed by atoms with Crippen LogP contribution in [0.5, 0.6) is 5.75 Å². The Morgan fingerprint density at radius 1 is 0.526 bits per heavy atom. The Hall–Kier alpha value is -5.47. The van der Waals surface area contributed by atoms with Gasteiger partial charge in [0.2, 0.25) is 11.8 Å². The number of carboxylic acids is 1. The Kier molecular flexibility index (Phi) is 31.8. The van der Waals surface area contributed by atoms with Crippen LogP contribution in [0.2, 0.25) is 20.1 Å². The zero-order chi connectivity index (χ0) is 56.3.